The van der Waals surface area contributed by atoms with Gasteiger partial charge in [-0.2, -0.15) is 0 Å². The molecule has 2 aliphatic rings. The first-order valence-corrected chi connectivity index (χ1v) is 13.9. The number of amides is 3. The maximum atomic E-state index is 13.3. The van der Waals surface area contributed by atoms with Gasteiger partial charge in [-0.25, -0.2) is 0 Å². The summed E-state index contributed by atoms with van der Waals surface area (Å²) in [6.07, 6.45) is 2.06. The van der Waals surface area contributed by atoms with Gasteiger partial charge in [0.1, 0.15) is 5.69 Å². The molecular formula is C32H39N5O3. The van der Waals surface area contributed by atoms with Gasteiger partial charge in [0, 0.05) is 64.1 Å². The number of nitrogens with one attached hydrogen (secondary N) is 2. The number of carbonyl (C=O) groups excluding carboxylic acids is 3. The summed E-state index contributed by atoms with van der Waals surface area (Å²) in [7, 11) is 3.53. The van der Waals surface area contributed by atoms with E-state index < -0.39 is 0 Å². The minimum atomic E-state index is -0.113. The van der Waals surface area contributed by atoms with Gasteiger partial charge >= 0.3 is 0 Å². The van der Waals surface area contributed by atoms with E-state index in [9.17, 15) is 14.4 Å². The molecule has 8 heteroatoms. The number of rotatable bonds is 7. The Hall–Kier alpha value is -3.91. The quantitative estimate of drug-likeness (QED) is 0.458. The molecule has 1 aromatic heterocycles. The maximum Gasteiger partial charge on any atom is 0.268 e. The monoisotopic (exact) mass is 541 g/mol. The van der Waals surface area contributed by atoms with Crippen molar-refractivity contribution in [2.45, 2.75) is 58.8 Å². The molecule has 1 saturated carbocycles. The molecule has 3 amide bonds. The lowest BCUT2D eigenvalue weighted by atomic mass is 9.56. The Balaban J connectivity index is 1.31. The van der Waals surface area contributed by atoms with Crippen LogP contribution in [0.2, 0.25) is 0 Å². The molecule has 2 aromatic carbocycles. The molecule has 210 valence electrons. The lowest BCUT2D eigenvalue weighted by Gasteiger charge is -2.61. The van der Waals surface area contributed by atoms with Crippen LogP contribution in [0.5, 0.6) is 0 Å². The first-order chi connectivity index (χ1) is 19.0. The highest BCUT2D eigenvalue weighted by Crippen LogP contribution is 2.58. The Morgan fingerprint density at radius 2 is 1.52 bits per heavy atom. The van der Waals surface area contributed by atoms with Crippen molar-refractivity contribution in [3.05, 3.63) is 88.7 Å². The second-order valence-electron chi connectivity index (χ2n) is 12.2. The first-order valence-electron chi connectivity index (χ1n) is 13.9. The van der Waals surface area contributed by atoms with Crippen LogP contribution in [0.3, 0.4) is 0 Å². The van der Waals surface area contributed by atoms with Gasteiger partial charge in [0.2, 0.25) is 5.91 Å². The highest BCUT2D eigenvalue weighted by Gasteiger charge is 2.56. The van der Waals surface area contributed by atoms with Gasteiger partial charge in [-0.15, -0.1) is 0 Å². The summed E-state index contributed by atoms with van der Waals surface area (Å²) in [5, 5.41) is 5.83. The fourth-order valence-electron chi connectivity index (χ4n) is 6.49. The normalized spacial score (nSPS) is 17.0. The molecule has 1 aliphatic heterocycles. The molecule has 8 nitrogen and oxygen atoms in total. The zero-order chi connectivity index (χ0) is 28.7. The van der Waals surface area contributed by atoms with Crippen molar-refractivity contribution < 1.29 is 14.4 Å². The molecule has 0 radical (unpaired) electrons. The van der Waals surface area contributed by atoms with Crippen LogP contribution < -0.4 is 10.6 Å². The van der Waals surface area contributed by atoms with Crippen LogP contribution in [0, 0.1) is 5.41 Å². The van der Waals surface area contributed by atoms with Crippen molar-refractivity contribution >= 4 is 23.4 Å². The predicted octanol–water partition coefficient (Wildman–Crippen LogP) is 4.61. The number of anilines is 1. The van der Waals surface area contributed by atoms with Crippen LogP contribution >= 0.6 is 0 Å². The molecule has 1 fully saturated rings. The summed E-state index contributed by atoms with van der Waals surface area (Å²) in [5.74, 6) is -0.187. The van der Waals surface area contributed by atoms with Gasteiger partial charge in [0.25, 0.3) is 11.8 Å². The van der Waals surface area contributed by atoms with E-state index in [4.69, 9.17) is 0 Å². The minimum absolute atomic E-state index is 0.00683. The van der Waals surface area contributed by atoms with Gasteiger partial charge in [-0.05, 0) is 65.8 Å². The molecule has 40 heavy (non-hydrogen) atoms. The van der Waals surface area contributed by atoms with Gasteiger partial charge in [0.15, 0.2) is 0 Å². The van der Waals surface area contributed by atoms with Gasteiger partial charge in [-0.3, -0.25) is 19.3 Å². The number of hydrogen-bond donors (Lipinski definition) is 2. The first kappa shape index (κ1) is 27.6. The zero-order valence-corrected chi connectivity index (χ0v) is 24.1. The molecule has 1 aliphatic carbocycles. The van der Waals surface area contributed by atoms with E-state index in [0.717, 1.165) is 43.7 Å². The lowest BCUT2D eigenvalue weighted by Crippen LogP contribution is -2.61. The van der Waals surface area contributed by atoms with E-state index in [2.05, 4.69) is 52.1 Å². The van der Waals surface area contributed by atoms with Crippen LogP contribution in [0.15, 0.2) is 60.7 Å². The van der Waals surface area contributed by atoms with E-state index >= 15 is 0 Å². The van der Waals surface area contributed by atoms with E-state index in [1.807, 2.05) is 42.5 Å². The molecule has 0 bridgehead atoms. The van der Waals surface area contributed by atoms with Crippen LogP contribution in [0.1, 0.15) is 71.3 Å². The van der Waals surface area contributed by atoms with E-state index in [0.29, 0.717) is 17.8 Å². The fraction of sp³-hybridized carbons (Fsp3) is 0.406. The third-order valence-electron chi connectivity index (χ3n) is 8.14. The number of hydrogen-bond acceptors (Lipinski definition) is 4. The topological polar surface area (TPSA) is 86.7 Å². The van der Waals surface area contributed by atoms with Crippen LogP contribution in [0.25, 0.3) is 0 Å². The number of nitrogens with zero attached hydrogens (tertiary/aromatic N) is 3. The molecular weight excluding hydrogens is 502 g/mol. The summed E-state index contributed by atoms with van der Waals surface area (Å²) in [4.78, 5) is 41.0. The molecule has 2 N–H and O–H groups in total. The van der Waals surface area contributed by atoms with E-state index in [1.54, 1.807) is 19.0 Å². The second-order valence-corrected chi connectivity index (χ2v) is 12.2. The van der Waals surface area contributed by atoms with Crippen LogP contribution in [0.4, 0.5) is 5.69 Å². The standard InChI is InChI=1S/C32H39N5O3/c1-22(38)34-26-12-8-23(9-13-26)18-33-29(39)27-14-15-28-32(20-31(2,3)21-32)36(16-17-37(27)28)19-24-6-10-25(11-7-24)30(40)35(4)5/h6-15H,16-21H2,1-5H3,(H,33,39)(H,34,38). The van der Waals surface area contributed by atoms with Crippen molar-refractivity contribution in [2.75, 3.05) is 26.0 Å². The van der Waals surface area contributed by atoms with Gasteiger partial charge < -0.3 is 20.1 Å². The van der Waals surface area contributed by atoms with E-state index in [-0.39, 0.29) is 28.7 Å². The summed E-state index contributed by atoms with van der Waals surface area (Å²) in [5.41, 5.74) is 5.61. The SMILES string of the molecule is CC(=O)Nc1ccc(CNC(=O)c2ccc3n2CCN(Cc2ccc(C(=O)N(C)C)cc2)C32CC(C)(C)C2)cc1. The Bertz CT molecular complexity index is 1410. The zero-order valence-electron chi connectivity index (χ0n) is 24.1. The van der Waals surface area contributed by atoms with Crippen LogP contribution in [-0.4, -0.2) is 52.7 Å². The Kier molecular flexibility index (Phi) is 7.31. The average Bonchev–Trinajstić information content (AvgIpc) is 3.33. The third-order valence-corrected chi connectivity index (χ3v) is 8.14. The molecule has 3 aromatic rings. The summed E-state index contributed by atoms with van der Waals surface area (Å²) >= 11 is 0. The fourth-order valence-corrected chi connectivity index (χ4v) is 6.49. The number of aromatic nitrogens is 1. The molecule has 5 rings (SSSR count). The summed E-state index contributed by atoms with van der Waals surface area (Å²) in [6.45, 7) is 8.91. The Labute approximate surface area is 236 Å². The highest BCUT2D eigenvalue weighted by atomic mass is 16.2. The van der Waals surface area contributed by atoms with Crippen molar-refractivity contribution in [1.82, 2.24) is 19.7 Å². The molecule has 0 unspecified atom stereocenters. The largest absolute Gasteiger partial charge is 0.347 e. The Morgan fingerprint density at radius 3 is 2.12 bits per heavy atom. The van der Waals surface area contributed by atoms with Crippen LogP contribution in [-0.2, 0) is 30.0 Å². The second kappa shape index (κ2) is 10.6. The van der Waals surface area contributed by atoms with Crippen molar-refractivity contribution in [3.8, 4) is 0 Å². The smallest absolute Gasteiger partial charge is 0.268 e. The molecule has 0 atom stereocenters. The van der Waals surface area contributed by atoms with E-state index in [1.165, 1.54) is 18.2 Å². The number of benzene rings is 2. The van der Waals surface area contributed by atoms with Gasteiger partial charge in [-0.1, -0.05) is 38.1 Å². The number of fused-ring (bicyclic) bond motifs is 2. The molecule has 2 heterocycles. The summed E-state index contributed by atoms with van der Waals surface area (Å²) < 4.78 is 2.21. The molecule has 1 spiro atoms. The van der Waals surface area contributed by atoms with Crippen molar-refractivity contribution in [2.24, 2.45) is 5.41 Å². The maximum absolute atomic E-state index is 13.3. The van der Waals surface area contributed by atoms with Gasteiger partial charge in [0.05, 0.1) is 5.54 Å². The highest BCUT2D eigenvalue weighted by molar-refractivity contribution is 5.94. The Morgan fingerprint density at radius 1 is 0.875 bits per heavy atom. The number of carbonyl (C=O) groups is 3. The summed E-state index contributed by atoms with van der Waals surface area (Å²) in [6, 6.07) is 19.5. The molecule has 0 saturated heterocycles. The average molecular weight is 542 g/mol. The van der Waals surface area contributed by atoms with Crippen molar-refractivity contribution in [3.63, 3.8) is 0 Å². The lowest BCUT2D eigenvalue weighted by molar-refractivity contribution is -0.114. The third kappa shape index (κ3) is 5.41. The van der Waals surface area contributed by atoms with Crippen molar-refractivity contribution in [1.29, 1.82) is 0 Å². The predicted molar refractivity (Wildman–Crippen MR) is 156 cm³/mol. The minimum Gasteiger partial charge on any atom is -0.347 e.